The van der Waals surface area contributed by atoms with Crippen LogP contribution in [0.4, 0.5) is 0 Å². The van der Waals surface area contributed by atoms with Gasteiger partial charge in [0.25, 0.3) is 0 Å². The largest absolute Gasteiger partial charge is 0.410 e. The van der Waals surface area contributed by atoms with Crippen LogP contribution in [0.5, 0.6) is 0 Å². The van der Waals surface area contributed by atoms with Crippen molar-refractivity contribution in [2.24, 2.45) is 24.0 Å². The first-order chi connectivity index (χ1) is 7.76. The minimum atomic E-state index is 0.407. The Morgan fingerprint density at radius 3 is 3.06 bits per heavy atom. The molecule has 0 amide bonds. The Labute approximate surface area is 99.8 Å². The molecule has 16 heavy (non-hydrogen) atoms. The van der Waals surface area contributed by atoms with E-state index in [1.165, 1.54) is 5.69 Å². The number of hydrogen-bond donors (Lipinski definition) is 1. The lowest BCUT2D eigenvalue weighted by Gasteiger charge is -2.16. The van der Waals surface area contributed by atoms with Gasteiger partial charge in [0.05, 0.1) is 6.33 Å². The summed E-state index contributed by atoms with van der Waals surface area (Å²) < 4.78 is 2.06. The van der Waals surface area contributed by atoms with Crippen LogP contribution in [0.25, 0.3) is 0 Å². The number of nitrogens with zero attached hydrogens (tertiary/aromatic N) is 3. The fourth-order valence-corrected chi connectivity index (χ4v) is 3.65. The van der Waals surface area contributed by atoms with Crippen LogP contribution in [0.3, 0.4) is 0 Å². The van der Waals surface area contributed by atoms with Crippen LogP contribution in [0.1, 0.15) is 19.0 Å². The van der Waals surface area contributed by atoms with Crippen molar-refractivity contribution in [3.05, 3.63) is 18.2 Å². The van der Waals surface area contributed by atoms with E-state index in [4.69, 9.17) is 5.21 Å². The predicted molar refractivity (Wildman–Crippen MR) is 65.9 cm³/mol. The summed E-state index contributed by atoms with van der Waals surface area (Å²) in [7, 11) is 2.02. The molecule has 2 heterocycles. The maximum atomic E-state index is 8.92. The Balaban J connectivity index is 2.09. The second-order valence-corrected chi connectivity index (χ2v) is 5.26. The molecule has 4 nitrogen and oxygen atoms in total. The van der Waals surface area contributed by atoms with E-state index in [1.54, 1.807) is 11.8 Å². The number of aromatic nitrogens is 2. The highest BCUT2D eigenvalue weighted by Crippen LogP contribution is 2.36. The molecule has 0 aliphatic carbocycles. The van der Waals surface area contributed by atoms with Crippen LogP contribution in [-0.2, 0) is 13.5 Å². The Morgan fingerprint density at radius 2 is 2.50 bits per heavy atom. The highest BCUT2D eigenvalue weighted by molar-refractivity contribution is 8.14. The molecule has 1 aliphatic rings. The number of oxime groups is 1. The highest BCUT2D eigenvalue weighted by atomic mass is 32.2. The van der Waals surface area contributed by atoms with Crippen molar-refractivity contribution in [1.29, 1.82) is 0 Å². The van der Waals surface area contributed by atoms with Gasteiger partial charge >= 0.3 is 0 Å². The molecule has 1 saturated heterocycles. The summed E-state index contributed by atoms with van der Waals surface area (Å²) in [4.78, 5) is 4.13. The molecule has 1 aliphatic heterocycles. The van der Waals surface area contributed by atoms with Gasteiger partial charge in [0.1, 0.15) is 5.04 Å². The van der Waals surface area contributed by atoms with Gasteiger partial charge in [-0.15, -0.1) is 11.8 Å². The topological polar surface area (TPSA) is 50.4 Å². The first-order valence-corrected chi connectivity index (χ1v) is 6.54. The van der Waals surface area contributed by atoms with Crippen molar-refractivity contribution in [3.8, 4) is 0 Å². The molecule has 1 aromatic rings. The second-order valence-electron chi connectivity index (χ2n) is 4.22. The predicted octanol–water partition coefficient (Wildman–Crippen LogP) is 2.14. The summed E-state index contributed by atoms with van der Waals surface area (Å²) in [6.07, 6.45) is 5.81. The van der Waals surface area contributed by atoms with E-state index in [-0.39, 0.29) is 0 Å². The van der Waals surface area contributed by atoms with E-state index < -0.39 is 0 Å². The van der Waals surface area contributed by atoms with Crippen molar-refractivity contribution in [2.45, 2.75) is 19.8 Å². The number of hydrogen-bond acceptors (Lipinski definition) is 4. The standard InChI is InChI=1S/C11H17N3OS/c1-3-10-8(6-16-11(10)13-15)4-9-5-12-7-14(9)2/h5,7-8,10,15H,3-4,6H2,1-2H3/t8-,10+/m0/s1. The minimum Gasteiger partial charge on any atom is -0.410 e. The van der Waals surface area contributed by atoms with Crippen LogP contribution in [0.15, 0.2) is 17.7 Å². The van der Waals surface area contributed by atoms with Crippen molar-refractivity contribution in [1.82, 2.24) is 9.55 Å². The quantitative estimate of drug-likeness (QED) is 0.649. The highest BCUT2D eigenvalue weighted by Gasteiger charge is 2.33. The molecular weight excluding hydrogens is 222 g/mol. The Morgan fingerprint density at radius 1 is 1.69 bits per heavy atom. The fourth-order valence-electron chi connectivity index (χ4n) is 2.28. The van der Waals surface area contributed by atoms with Crippen LogP contribution in [0.2, 0.25) is 0 Å². The summed E-state index contributed by atoms with van der Waals surface area (Å²) >= 11 is 1.68. The van der Waals surface area contributed by atoms with E-state index in [0.29, 0.717) is 11.8 Å². The monoisotopic (exact) mass is 239 g/mol. The molecule has 0 radical (unpaired) electrons. The molecule has 0 bridgehead atoms. The van der Waals surface area contributed by atoms with Crippen LogP contribution >= 0.6 is 11.8 Å². The van der Waals surface area contributed by atoms with Gasteiger partial charge in [0, 0.05) is 30.6 Å². The average Bonchev–Trinajstić information content (AvgIpc) is 2.86. The molecule has 0 aromatic carbocycles. The lowest BCUT2D eigenvalue weighted by Crippen LogP contribution is -2.18. The van der Waals surface area contributed by atoms with Gasteiger partial charge in [0.15, 0.2) is 0 Å². The summed E-state index contributed by atoms with van der Waals surface area (Å²) in [5, 5.41) is 13.2. The molecule has 0 spiro atoms. The normalized spacial score (nSPS) is 27.8. The molecule has 1 fully saturated rings. The van der Waals surface area contributed by atoms with Gasteiger partial charge in [-0.05, 0) is 18.8 Å². The molecule has 2 rings (SSSR count). The van der Waals surface area contributed by atoms with E-state index in [1.807, 2.05) is 19.6 Å². The number of rotatable bonds is 3. The number of thioether (sulfide) groups is 1. The zero-order valence-electron chi connectivity index (χ0n) is 9.63. The molecule has 1 N–H and O–H groups in total. The van der Waals surface area contributed by atoms with E-state index in [2.05, 4.69) is 21.6 Å². The van der Waals surface area contributed by atoms with Gasteiger partial charge in [0.2, 0.25) is 0 Å². The Hall–Kier alpha value is -0.970. The molecule has 5 heteroatoms. The third-order valence-corrected chi connectivity index (χ3v) is 4.53. The van der Waals surface area contributed by atoms with Crippen molar-refractivity contribution in [3.63, 3.8) is 0 Å². The fraction of sp³-hybridized carbons (Fsp3) is 0.636. The minimum absolute atomic E-state index is 0.407. The van der Waals surface area contributed by atoms with Crippen molar-refractivity contribution < 1.29 is 5.21 Å². The Bertz CT molecular complexity index is 388. The zero-order valence-corrected chi connectivity index (χ0v) is 10.4. The van der Waals surface area contributed by atoms with Crippen LogP contribution in [0, 0.1) is 11.8 Å². The summed E-state index contributed by atoms with van der Waals surface area (Å²) in [6.45, 7) is 2.15. The SMILES string of the molecule is CC[C@H]1C(=NO)SC[C@@H]1Cc1cncn1C. The lowest BCUT2D eigenvalue weighted by atomic mass is 9.89. The van der Waals surface area contributed by atoms with Crippen LogP contribution < -0.4 is 0 Å². The van der Waals surface area contributed by atoms with Crippen molar-refractivity contribution in [2.75, 3.05) is 5.75 Å². The van der Waals surface area contributed by atoms with Crippen LogP contribution in [-0.4, -0.2) is 25.6 Å². The second kappa shape index (κ2) is 4.91. The first-order valence-electron chi connectivity index (χ1n) is 5.56. The summed E-state index contributed by atoms with van der Waals surface area (Å²) in [6, 6.07) is 0. The first kappa shape index (κ1) is 11.5. The van der Waals surface area contributed by atoms with E-state index >= 15 is 0 Å². The third kappa shape index (κ3) is 2.09. The van der Waals surface area contributed by atoms with Gasteiger partial charge in [-0.1, -0.05) is 12.1 Å². The molecule has 0 saturated carbocycles. The average molecular weight is 239 g/mol. The molecule has 1 aromatic heterocycles. The van der Waals surface area contributed by atoms with Gasteiger partial charge in [-0.25, -0.2) is 4.98 Å². The lowest BCUT2D eigenvalue weighted by molar-refractivity contribution is 0.313. The van der Waals surface area contributed by atoms with E-state index in [0.717, 1.165) is 23.6 Å². The zero-order chi connectivity index (χ0) is 11.5. The number of imidazole rings is 1. The van der Waals surface area contributed by atoms with E-state index in [9.17, 15) is 0 Å². The molecule has 0 unspecified atom stereocenters. The maximum Gasteiger partial charge on any atom is 0.116 e. The smallest absolute Gasteiger partial charge is 0.116 e. The van der Waals surface area contributed by atoms with Gasteiger partial charge < -0.3 is 9.77 Å². The third-order valence-electron chi connectivity index (χ3n) is 3.26. The van der Waals surface area contributed by atoms with Gasteiger partial charge in [-0.3, -0.25) is 0 Å². The summed E-state index contributed by atoms with van der Waals surface area (Å²) in [5.74, 6) is 2.02. The molecule has 2 atom stereocenters. The number of aryl methyl sites for hydroxylation is 1. The Kier molecular flexibility index (Phi) is 3.53. The molecular formula is C11H17N3OS. The maximum absolute atomic E-state index is 8.92. The molecule has 88 valence electrons. The van der Waals surface area contributed by atoms with Crippen molar-refractivity contribution >= 4 is 16.8 Å². The van der Waals surface area contributed by atoms with Gasteiger partial charge in [-0.2, -0.15) is 0 Å². The summed E-state index contributed by atoms with van der Waals surface area (Å²) in [5.41, 5.74) is 1.25.